The predicted octanol–water partition coefficient (Wildman–Crippen LogP) is 6.54. The van der Waals surface area contributed by atoms with Gasteiger partial charge in [0.15, 0.2) is 0 Å². The van der Waals surface area contributed by atoms with E-state index in [4.69, 9.17) is 11.7 Å². The van der Waals surface area contributed by atoms with Gasteiger partial charge in [-0.2, -0.15) is 5.11 Å². The molecule has 3 rings (SSSR count). The third kappa shape index (κ3) is 6.92. The topological polar surface area (TPSA) is 155 Å². The number of carboxylic acids is 1. The summed E-state index contributed by atoms with van der Waals surface area (Å²) in [5.74, 6) is -1.34. The van der Waals surface area contributed by atoms with Gasteiger partial charge >= 0.3 is 5.97 Å². The van der Waals surface area contributed by atoms with Gasteiger partial charge in [-0.05, 0) is 73.4 Å². The summed E-state index contributed by atoms with van der Waals surface area (Å²) in [5, 5.41) is 28.2. The Bertz CT molecular complexity index is 1610. The quantitative estimate of drug-likeness (QED) is 0.167. The molecule has 2 aromatic carbocycles. The van der Waals surface area contributed by atoms with Crippen molar-refractivity contribution in [3.63, 3.8) is 0 Å². The standard InChI is InChI=1S/C28H31N5O6S/c1-5-7-8-19(6-2)17-33-26(34)24(29-4)18(3)25(27(33)35)31-30-21-13-15-23(16-14-21)40(38,39)32-22-11-9-20(10-12-22)28(36)37/h9-16,19,32,35H,5-8,17H2,1-3H3,(H,36,37)/b31-30+. The number of unbranched alkanes of at least 4 members (excludes halogenated alkanes) is 1. The smallest absolute Gasteiger partial charge is 0.335 e. The van der Waals surface area contributed by atoms with E-state index < -0.39 is 21.6 Å². The Labute approximate surface area is 232 Å². The molecule has 0 amide bonds. The van der Waals surface area contributed by atoms with Crippen LogP contribution in [0.4, 0.5) is 22.7 Å². The Kier molecular flexibility index (Phi) is 9.79. The van der Waals surface area contributed by atoms with E-state index in [2.05, 4.69) is 26.7 Å². The molecule has 1 atom stereocenters. The lowest BCUT2D eigenvalue weighted by atomic mass is 9.99. The van der Waals surface area contributed by atoms with Crippen molar-refractivity contribution < 1.29 is 23.4 Å². The molecule has 0 saturated heterocycles. The molecule has 12 heteroatoms. The van der Waals surface area contributed by atoms with E-state index in [0.717, 1.165) is 25.7 Å². The van der Waals surface area contributed by atoms with Gasteiger partial charge in [0.2, 0.25) is 5.88 Å². The van der Waals surface area contributed by atoms with Crippen molar-refractivity contribution in [2.45, 2.75) is 57.9 Å². The summed E-state index contributed by atoms with van der Waals surface area (Å²) in [6.07, 6.45) is 3.69. The molecule has 0 aliphatic carbocycles. The number of nitrogens with one attached hydrogen (secondary N) is 1. The minimum absolute atomic E-state index is 0.000818. The van der Waals surface area contributed by atoms with E-state index in [1.54, 1.807) is 0 Å². The first-order valence-electron chi connectivity index (χ1n) is 12.7. The number of hydrogen-bond acceptors (Lipinski definition) is 7. The molecular formula is C28H31N5O6S. The summed E-state index contributed by atoms with van der Waals surface area (Å²) < 4.78 is 29.1. The van der Waals surface area contributed by atoms with Crippen molar-refractivity contribution in [3.8, 4) is 5.88 Å². The van der Waals surface area contributed by atoms with Crippen LogP contribution in [0.2, 0.25) is 0 Å². The highest BCUT2D eigenvalue weighted by atomic mass is 32.2. The first-order valence-corrected chi connectivity index (χ1v) is 14.2. The lowest BCUT2D eigenvalue weighted by Gasteiger charge is -2.19. The maximum absolute atomic E-state index is 12.9. The summed E-state index contributed by atoms with van der Waals surface area (Å²) in [5.41, 5.74) is 0.000135. The van der Waals surface area contributed by atoms with Crippen LogP contribution in [0.5, 0.6) is 5.88 Å². The number of hydrogen-bond donors (Lipinski definition) is 3. The van der Waals surface area contributed by atoms with E-state index in [9.17, 15) is 23.1 Å². The molecular weight excluding hydrogens is 534 g/mol. The van der Waals surface area contributed by atoms with E-state index in [-0.39, 0.29) is 57.1 Å². The zero-order chi connectivity index (χ0) is 29.4. The molecule has 0 spiro atoms. The zero-order valence-electron chi connectivity index (χ0n) is 22.5. The van der Waals surface area contributed by atoms with Crippen LogP contribution in [0.25, 0.3) is 4.85 Å². The fourth-order valence-electron chi connectivity index (χ4n) is 4.08. The number of benzene rings is 2. The number of aromatic hydroxyl groups is 1. The molecule has 0 saturated carbocycles. The molecule has 40 heavy (non-hydrogen) atoms. The van der Waals surface area contributed by atoms with Crippen molar-refractivity contribution in [3.05, 3.63) is 81.4 Å². The van der Waals surface area contributed by atoms with E-state index >= 15 is 0 Å². The van der Waals surface area contributed by atoms with Gasteiger partial charge in [-0.25, -0.2) is 18.1 Å². The Balaban J connectivity index is 1.87. The lowest BCUT2D eigenvalue weighted by molar-refractivity contribution is 0.0697. The van der Waals surface area contributed by atoms with Crippen LogP contribution in [0.1, 0.15) is 55.5 Å². The summed E-state index contributed by atoms with van der Waals surface area (Å²) in [6, 6.07) is 10.8. The fourth-order valence-corrected chi connectivity index (χ4v) is 5.14. The van der Waals surface area contributed by atoms with Crippen molar-refractivity contribution in [1.82, 2.24) is 4.57 Å². The summed E-state index contributed by atoms with van der Waals surface area (Å²) >= 11 is 0. The number of anilines is 1. The normalized spacial score (nSPS) is 12.2. The molecule has 0 radical (unpaired) electrons. The first kappa shape index (κ1) is 30.0. The Morgan fingerprint density at radius 1 is 1.10 bits per heavy atom. The number of pyridine rings is 1. The number of nitrogens with zero attached hydrogens (tertiary/aromatic N) is 4. The molecule has 3 aromatic rings. The van der Waals surface area contributed by atoms with Gasteiger partial charge in [0, 0.05) is 12.2 Å². The number of carbonyl (C=O) groups is 1. The third-order valence-corrected chi connectivity index (χ3v) is 7.92. The minimum Gasteiger partial charge on any atom is -0.493 e. The summed E-state index contributed by atoms with van der Waals surface area (Å²) in [4.78, 5) is 27.2. The number of azo groups is 1. The number of sulfonamides is 1. The largest absolute Gasteiger partial charge is 0.493 e. The van der Waals surface area contributed by atoms with Crippen LogP contribution >= 0.6 is 0 Å². The molecule has 0 aliphatic rings. The van der Waals surface area contributed by atoms with E-state index in [0.29, 0.717) is 0 Å². The van der Waals surface area contributed by atoms with Crippen LogP contribution in [-0.2, 0) is 16.6 Å². The molecule has 1 heterocycles. The van der Waals surface area contributed by atoms with Crippen molar-refractivity contribution in [2.75, 3.05) is 4.72 Å². The Morgan fingerprint density at radius 3 is 2.30 bits per heavy atom. The minimum atomic E-state index is -3.97. The van der Waals surface area contributed by atoms with Gasteiger partial charge in [0.05, 0.1) is 22.7 Å². The van der Waals surface area contributed by atoms with Crippen molar-refractivity contribution >= 4 is 38.7 Å². The maximum Gasteiger partial charge on any atom is 0.335 e. The third-order valence-electron chi connectivity index (χ3n) is 6.52. The SMILES string of the molecule is [C-]#[N+]c1c(C)c(/N=N/c2ccc(S(=O)(=O)Nc3ccc(C(=O)O)cc3)cc2)c(O)n(CC(CC)CCCC)c1=O. The van der Waals surface area contributed by atoms with Crippen LogP contribution < -0.4 is 10.3 Å². The van der Waals surface area contributed by atoms with Crippen molar-refractivity contribution in [2.24, 2.45) is 16.1 Å². The molecule has 0 bridgehead atoms. The van der Waals surface area contributed by atoms with Gasteiger partial charge in [-0.15, -0.1) is 5.11 Å². The Morgan fingerprint density at radius 2 is 1.75 bits per heavy atom. The van der Waals surface area contributed by atoms with E-state index in [1.165, 1.54) is 60.0 Å². The summed E-state index contributed by atoms with van der Waals surface area (Å²) in [6.45, 7) is 13.4. The van der Waals surface area contributed by atoms with Crippen LogP contribution in [0.15, 0.2) is 68.4 Å². The zero-order valence-corrected chi connectivity index (χ0v) is 23.3. The average molecular weight is 566 g/mol. The second kappa shape index (κ2) is 13.0. The van der Waals surface area contributed by atoms with Gasteiger partial charge in [0.25, 0.3) is 21.3 Å². The second-order valence-electron chi connectivity index (χ2n) is 9.27. The highest BCUT2D eigenvalue weighted by Gasteiger charge is 2.21. The van der Waals surface area contributed by atoms with Gasteiger partial charge in [-0.1, -0.05) is 33.1 Å². The van der Waals surface area contributed by atoms with Gasteiger partial charge in [-0.3, -0.25) is 14.1 Å². The molecule has 11 nitrogen and oxygen atoms in total. The number of aromatic carboxylic acids is 1. The average Bonchev–Trinajstić information content (AvgIpc) is 2.93. The molecule has 0 fully saturated rings. The molecule has 210 valence electrons. The highest BCUT2D eigenvalue weighted by molar-refractivity contribution is 7.92. The fraction of sp³-hybridized carbons (Fsp3) is 0.321. The Hall–Kier alpha value is -4.50. The van der Waals surface area contributed by atoms with Crippen LogP contribution in [-0.4, -0.2) is 29.2 Å². The molecule has 3 N–H and O–H groups in total. The molecule has 1 unspecified atom stereocenters. The molecule has 1 aromatic heterocycles. The predicted molar refractivity (Wildman–Crippen MR) is 151 cm³/mol. The maximum atomic E-state index is 12.9. The van der Waals surface area contributed by atoms with Crippen molar-refractivity contribution in [1.29, 1.82) is 0 Å². The number of aromatic nitrogens is 1. The van der Waals surface area contributed by atoms with Crippen LogP contribution in [0.3, 0.4) is 0 Å². The van der Waals surface area contributed by atoms with Gasteiger partial charge < -0.3 is 10.2 Å². The van der Waals surface area contributed by atoms with Gasteiger partial charge in [0.1, 0.15) is 5.69 Å². The lowest BCUT2D eigenvalue weighted by Crippen LogP contribution is -2.24. The van der Waals surface area contributed by atoms with Crippen LogP contribution in [0, 0.1) is 19.4 Å². The molecule has 0 aliphatic heterocycles. The monoisotopic (exact) mass is 565 g/mol. The number of rotatable bonds is 12. The second-order valence-corrected chi connectivity index (χ2v) is 11.0. The van der Waals surface area contributed by atoms with E-state index in [1.807, 2.05) is 6.92 Å². The highest BCUT2D eigenvalue weighted by Crippen LogP contribution is 2.36. The summed E-state index contributed by atoms with van der Waals surface area (Å²) in [7, 11) is -3.97. The first-order chi connectivity index (χ1) is 19.0. The number of carboxylic acid groups (broad SMARTS) is 1.